The van der Waals surface area contributed by atoms with Crippen LogP contribution in [0, 0.1) is 34.7 Å². The standard InChI is InChI=1S/C19H23F3O3/c1-10(2)6-13-15(19(13,3)4)18(23)25-9-12-14(20)7-11(8-24-5)16(21)17(12)22/h6-7,13,15H,8-9H2,1-5H3. The minimum atomic E-state index is -1.35. The van der Waals surface area contributed by atoms with Crippen molar-refractivity contribution in [2.45, 2.75) is 40.9 Å². The molecule has 0 aromatic heterocycles. The van der Waals surface area contributed by atoms with Gasteiger partial charge in [0, 0.05) is 12.7 Å². The molecule has 0 N–H and O–H groups in total. The molecule has 2 unspecified atom stereocenters. The molecule has 2 atom stereocenters. The van der Waals surface area contributed by atoms with Crippen LogP contribution in [-0.2, 0) is 27.5 Å². The highest BCUT2D eigenvalue weighted by atomic mass is 19.2. The molecule has 0 saturated heterocycles. The third kappa shape index (κ3) is 3.89. The van der Waals surface area contributed by atoms with Crippen molar-refractivity contribution in [3.05, 3.63) is 46.3 Å². The Hall–Kier alpha value is -1.82. The summed E-state index contributed by atoms with van der Waals surface area (Å²) in [6.45, 7) is 6.85. The number of ether oxygens (including phenoxy) is 2. The Kier molecular flexibility index (Phi) is 5.62. The molecule has 6 heteroatoms. The van der Waals surface area contributed by atoms with Gasteiger partial charge in [-0.25, -0.2) is 13.2 Å². The third-order valence-corrected chi connectivity index (χ3v) is 4.66. The Morgan fingerprint density at radius 3 is 2.40 bits per heavy atom. The van der Waals surface area contributed by atoms with Crippen LogP contribution in [-0.4, -0.2) is 13.1 Å². The normalized spacial score (nSPS) is 21.0. The predicted octanol–water partition coefficient (Wildman–Crippen LogP) is 4.53. The molecule has 1 aromatic carbocycles. The van der Waals surface area contributed by atoms with Gasteiger partial charge >= 0.3 is 5.97 Å². The SMILES string of the molecule is COCc1cc(F)c(COC(=O)C2C(C=C(C)C)C2(C)C)c(F)c1F. The van der Waals surface area contributed by atoms with Crippen LogP contribution in [0.25, 0.3) is 0 Å². The molecule has 138 valence electrons. The fourth-order valence-corrected chi connectivity index (χ4v) is 3.11. The molecule has 2 rings (SSSR count). The van der Waals surface area contributed by atoms with Crippen LogP contribution in [0.5, 0.6) is 0 Å². The number of carbonyl (C=O) groups is 1. The van der Waals surface area contributed by atoms with E-state index in [1.807, 2.05) is 33.8 Å². The number of allylic oxidation sites excluding steroid dienone is 2. The maximum atomic E-state index is 14.0. The summed E-state index contributed by atoms with van der Waals surface area (Å²) in [5, 5.41) is 0. The molecular weight excluding hydrogens is 333 g/mol. The second kappa shape index (κ2) is 7.20. The van der Waals surface area contributed by atoms with Crippen LogP contribution < -0.4 is 0 Å². The van der Waals surface area contributed by atoms with Gasteiger partial charge in [-0.1, -0.05) is 25.5 Å². The van der Waals surface area contributed by atoms with Crippen molar-refractivity contribution in [2.24, 2.45) is 17.3 Å². The fourth-order valence-electron chi connectivity index (χ4n) is 3.11. The molecule has 1 aromatic rings. The van der Waals surface area contributed by atoms with Crippen LogP contribution in [0.1, 0.15) is 38.8 Å². The first-order valence-electron chi connectivity index (χ1n) is 8.07. The summed E-state index contributed by atoms with van der Waals surface area (Å²) in [5.74, 6) is -4.38. The van der Waals surface area contributed by atoms with Crippen LogP contribution in [0.4, 0.5) is 13.2 Å². The zero-order chi connectivity index (χ0) is 18.9. The molecule has 1 aliphatic carbocycles. The van der Waals surface area contributed by atoms with E-state index in [4.69, 9.17) is 9.47 Å². The van der Waals surface area contributed by atoms with Crippen LogP contribution >= 0.6 is 0 Å². The molecule has 0 aliphatic heterocycles. The van der Waals surface area contributed by atoms with Crippen molar-refractivity contribution in [2.75, 3.05) is 7.11 Å². The number of benzene rings is 1. The fraction of sp³-hybridized carbons (Fsp3) is 0.526. The topological polar surface area (TPSA) is 35.5 Å². The van der Waals surface area contributed by atoms with Gasteiger partial charge in [-0.05, 0) is 31.2 Å². The lowest BCUT2D eigenvalue weighted by molar-refractivity contribution is -0.147. The van der Waals surface area contributed by atoms with Crippen molar-refractivity contribution in [1.82, 2.24) is 0 Å². The second-order valence-electron chi connectivity index (χ2n) is 7.23. The summed E-state index contributed by atoms with van der Waals surface area (Å²) < 4.78 is 51.7. The van der Waals surface area contributed by atoms with E-state index in [0.29, 0.717) is 0 Å². The maximum Gasteiger partial charge on any atom is 0.310 e. The lowest BCUT2D eigenvalue weighted by Crippen LogP contribution is -2.13. The minimum Gasteiger partial charge on any atom is -0.460 e. The van der Waals surface area contributed by atoms with Gasteiger partial charge in [-0.3, -0.25) is 4.79 Å². The van der Waals surface area contributed by atoms with Crippen LogP contribution in [0.15, 0.2) is 17.7 Å². The number of hydrogen-bond acceptors (Lipinski definition) is 3. The second-order valence-corrected chi connectivity index (χ2v) is 7.23. The number of esters is 1. The van der Waals surface area contributed by atoms with Gasteiger partial charge in [0.2, 0.25) is 0 Å². The highest BCUT2D eigenvalue weighted by Gasteiger charge is 2.61. The average molecular weight is 356 g/mol. The van der Waals surface area contributed by atoms with Crippen molar-refractivity contribution in [3.8, 4) is 0 Å². The van der Waals surface area contributed by atoms with E-state index in [1.54, 1.807) is 0 Å². The first-order chi connectivity index (χ1) is 11.6. The van der Waals surface area contributed by atoms with E-state index < -0.39 is 35.6 Å². The quantitative estimate of drug-likeness (QED) is 0.427. The van der Waals surface area contributed by atoms with Gasteiger partial charge in [0.25, 0.3) is 0 Å². The molecule has 1 fully saturated rings. The van der Waals surface area contributed by atoms with Gasteiger partial charge in [0.1, 0.15) is 12.4 Å². The third-order valence-electron chi connectivity index (χ3n) is 4.66. The number of methoxy groups -OCH3 is 1. The molecule has 0 bridgehead atoms. The number of hydrogen-bond donors (Lipinski definition) is 0. The minimum absolute atomic E-state index is 0.0282. The number of rotatable bonds is 6. The van der Waals surface area contributed by atoms with Gasteiger partial charge < -0.3 is 9.47 Å². The van der Waals surface area contributed by atoms with Crippen LogP contribution in [0.2, 0.25) is 0 Å². The van der Waals surface area contributed by atoms with Gasteiger partial charge in [-0.2, -0.15) is 0 Å². The summed E-state index contributed by atoms with van der Waals surface area (Å²) in [6.07, 6.45) is 1.99. The largest absolute Gasteiger partial charge is 0.460 e. The summed E-state index contributed by atoms with van der Waals surface area (Å²) in [5.41, 5.74) is 0.00246. The molecule has 3 nitrogen and oxygen atoms in total. The Morgan fingerprint density at radius 2 is 1.84 bits per heavy atom. The summed E-state index contributed by atoms with van der Waals surface area (Å²) in [6, 6.07) is 0.859. The van der Waals surface area contributed by atoms with Crippen LogP contribution in [0.3, 0.4) is 0 Å². The van der Waals surface area contributed by atoms with Gasteiger partial charge in [0.05, 0.1) is 18.1 Å². The molecule has 0 amide bonds. The maximum absolute atomic E-state index is 14.0. The Morgan fingerprint density at radius 1 is 1.20 bits per heavy atom. The molecule has 1 aliphatic rings. The molecule has 1 saturated carbocycles. The van der Waals surface area contributed by atoms with Crippen molar-refractivity contribution >= 4 is 5.97 Å². The van der Waals surface area contributed by atoms with Crippen molar-refractivity contribution in [1.29, 1.82) is 0 Å². The Balaban J connectivity index is 2.11. The van der Waals surface area contributed by atoms with E-state index in [9.17, 15) is 18.0 Å². The van der Waals surface area contributed by atoms with Crippen molar-refractivity contribution in [3.63, 3.8) is 0 Å². The average Bonchev–Trinajstić information content (AvgIpc) is 3.04. The Labute approximate surface area is 145 Å². The van der Waals surface area contributed by atoms with E-state index in [2.05, 4.69) is 0 Å². The first-order valence-corrected chi connectivity index (χ1v) is 8.07. The molecular formula is C19H23F3O3. The lowest BCUT2D eigenvalue weighted by Gasteiger charge is -2.11. The van der Waals surface area contributed by atoms with Crippen molar-refractivity contribution < 1.29 is 27.4 Å². The monoisotopic (exact) mass is 356 g/mol. The first kappa shape index (κ1) is 19.5. The molecule has 0 spiro atoms. The van der Waals surface area contributed by atoms with E-state index in [-0.39, 0.29) is 29.4 Å². The van der Waals surface area contributed by atoms with E-state index in [1.165, 1.54) is 7.11 Å². The number of halogens is 3. The predicted molar refractivity (Wildman–Crippen MR) is 87.0 cm³/mol. The summed E-state index contributed by atoms with van der Waals surface area (Å²) in [7, 11) is 1.30. The zero-order valence-electron chi connectivity index (χ0n) is 15.1. The van der Waals surface area contributed by atoms with Gasteiger partial charge in [-0.15, -0.1) is 0 Å². The van der Waals surface area contributed by atoms with Gasteiger partial charge in [0.15, 0.2) is 11.6 Å². The molecule has 0 radical (unpaired) electrons. The smallest absolute Gasteiger partial charge is 0.310 e. The van der Waals surface area contributed by atoms with E-state index in [0.717, 1.165) is 11.6 Å². The zero-order valence-corrected chi connectivity index (χ0v) is 15.1. The highest BCUT2D eigenvalue weighted by molar-refractivity contribution is 5.78. The molecule has 25 heavy (non-hydrogen) atoms. The number of carbonyl (C=O) groups excluding carboxylic acids is 1. The lowest BCUT2D eigenvalue weighted by atomic mass is 10.1. The van der Waals surface area contributed by atoms with E-state index >= 15 is 0 Å². The molecule has 0 heterocycles. The summed E-state index contributed by atoms with van der Waals surface area (Å²) in [4.78, 5) is 12.3. The Bertz CT molecular complexity index is 706. The highest BCUT2D eigenvalue weighted by Crippen LogP contribution is 2.59. The summed E-state index contributed by atoms with van der Waals surface area (Å²) >= 11 is 0.